The fourth-order valence-electron chi connectivity index (χ4n) is 1.10. The molecule has 1 N–H and O–H groups in total. The Morgan fingerprint density at radius 2 is 2.19 bits per heavy atom. The van der Waals surface area contributed by atoms with Gasteiger partial charge in [-0.3, -0.25) is 0 Å². The second-order valence-corrected chi connectivity index (χ2v) is 7.38. The Bertz CT molecular complexity index is 437. The second kappa shape index (κ2) is 5.46. The van der Waals surface area contributed by atoms with Crippen LogP contribution < -0.4 is 5.32 Å². The van der Waals surface area contributed by atoms with Crippen LogP contribution in [0.1, 0.15) is 5.56 Å². The maximum absolute atomic E-state index is 12.1. The quantitative estimate of drug-likeness (QED) is 0.891. The lowest BCUT2D eigenvalue weighted by molar-refractivity contribution is 0.467. The van der Waals surface area contributed by atoms with E-state index in [1.807, 2.05) is 0 Å². The molecule has 0 aliphatic heterocycles. The van der Waals surface area contributed by atoms with Crippen LogP contribution in [0.25, 0.3) is 0 Å². The average Bonchev–Trinajstić information content (AvgIpc) is 2.56. The predicted molar refractivity (Wildman–Crippen MR) is 67.8 cm³/mol. The number of halogens is 1. The molecule has 4 nitrogen and oxygen atoms in total. The number of rotatable bonds is 5. The third-order valence-corrected chi connectivity index (χ3v) is 6.04. The van der Waals surface area contributed by atoms with Crippen molar-refractivity contribution >= 4 is 33.0 Å². The molecule has 16 heavy (non-hydrogen) atoms. The molecule has 7 heteroatoms. The standard InChI is InChI=1S/C9H15ClN2O2S2/c1-7-6-8(15-9(7)10)16(13,14)12(3)5-4-11-2/h6,11H,4-5H2,1-3H3. The number of hydrogen-bond donors (Lipinski definition) is 1. The van der Waals surface area contributed by atoms with Crippen LogP contribution in [-0.4, -0.2) is 39.9 Å². The van der Waals surface area contributed by atoms with E-state index in [-0.39, 0.29) is 0 Å². The molecule has 0 atom stereocenters. The number of nitrogens with one attached hydrogen (secondary N) is 1. The van der Waals surface area contributed by atoms with Gasteiger partial charge in [0.05, 0.1) is 4.34 Å². The van der Waals surface area contributed by atoms with Crippen LogP contribution in [0.5, 0.6) is 0 Å². The Kier molecular flexibility index (Phi) is 4.75. The van der Waals surface area contributed by atoms with E-state index in [9.17, 15) is 8.42 Å². The number of hydrogen-bond acceptors (Lipinski definition) is 4. The molecular weight excluding hydrogens is 268 g/mol. The number of thiophene rings is 1. The number of nitrogens with zero attached hydrogens (tertiary/aromatic N) is 1. The monoisotopic (exact) mass is 282 g/mol. The van der Waals surface area contributed by atoms with E-state index in [0.717, 1.165) is 16.9 Å². The summed E-state index contributed by atoms with van der Waals surface area (Å²) in [4.78, 5) is 0. The summed E-state index contributed by atoms with van der Waals surface area (Å²) in [6.07, 6.45) is 0. The highest BCUT2D eigenvalue weighted by Gasteiger charge is 2.23. The van der Waals surface area contributed by atoms with Crippen molar-refractivity contribution in [3.05, 3.63) is 16.0 Å². The molecule has 0 aromatic carbocycles. The zero-order chi connectivity index (χ0) is 12.3. The second-order valence-electron chi connectivity index (χ2n) is 3.45. The molecule has 0 aliphatic carbocycles. The number of aryl methyl sites for hydroxylation is 1. The summed E-state index contributed by atoms with van der Waals surface area (Å²) in [5.41, 5.74) is 0.798. The number of likely N-dealkylation sites (N-methyl/N-ethyl adjacent to an activating group) is 2. The molecule has 0 fully saturated rings. The first kappa shape index (κ1) is 13.9. The third-order valence-electron chi connectivity index (χ3n) is 2.18. The molecule has 1 aromatic rings. The van der Waals surface area contributed by atoms with Gasteiger partial charge in [-0.15, -0.1) is 11.3 Å². The van der Waals surface area contributed by atoms with Gasteiger partial charge < -0.3 is 5.32 Å². The zero-order valence-electron chi connectivity index (χ0n) is 9.45. The highest BCUT2D eigenvalue weighted by Crippen LogP contribution is 2.31. The van der Waals surface area contributed by atoms with Crippen LogP contribution in [0.3, 0.4) is 0 Å². The van der Waals surface area contributed by atoms with Crippen molar-refractivity contribution < 1.29 is 8.42 Å². The predicted octanol–water partition coefficient (Wildman–Crippen LogP) is 1.55. The van der Waals surface area contributed by atoms with Crippen LogP contribution in [0.15, 0.2) is 10.3 Å². The molecule has 92 valence electrons. The topological polar surface area (TPSA) is 49.4 Å². The SMILES string of the molecule is CNCCN(C)S(=O)(=O)c1cc(C)c(Cl)s1. The molecule has 1 rings (SSSR count). The van der Waals surface area contributed by atoms with Gasteiger partial charge in [-0.1, -0.05) is 11.6 Å². The summed E-state index contributed by atoms with van der Waals surface area (Å²) < 4.78 is 26.3. The van der Waals surface area contributed by atoms with Gasteiger partial charge >= 0.3 is 0 Å². The highest BCUT2D eigenvalue weighted by atomic mass is 35.5. The van der Waals surface area contributed by atoms with Crippen molar-refractivity contribution in [2.75, 3.05) is 27.2 Å². The molecule has 0 aliphatic rings. The van der Waals surface area contributed by atoms with Gasteiger partial charge in [-0.2, -0.15) is 4.31 Å². The van der Waals surface area contributed by atoms with Crippen LogP contribution in [0.4, 0.5) is 0 Å². The van der Waals surface area contributed by atoms with Crippen molar-refractivity contribution in [2.24, 2.45) is 0 Å². The van der Waals surface area contributed by atoms with Gasteiger partial charge in [0, 0.05) is 20.1 Å². The van der Waals surface area contributed by atoms with Gasteiger partial charge in [-0.25, -0.2) is 8.42 Å². The van der Waals surface area contributed by atoms with Crippen molar-refractivity contribution in [2.45, 2.75) is 11.1 Å². The lowest BCUT2D eigenvalue weighted by atomic mass is 10.4. The van der Waals surface area contributed by atoms with E-state index in [1.54, 1.807) is 27.1 Å². The van der Waals surface area contributed by atoms with E-state index in [1.165, 1.54) is 4.31 Å². The molecule has 0 saturated carbocycles. The third kappa shape index (κ3) is 2.95. The zero-order valence-corrected chi connectivity index (χ0v) is 11.8. The molecule has 1 heterocycles. The Balaban J connectivity index is 2.93. The fraction of sp³-hybridized carbons (Fsp3) is 0.556. The summed E-state index contributed by atoms with van der Waals surface area (Å²) in [6.45, 7) is 2.85. The van der Waals surface area contributed by atoms with Crippen molar-refractivity contribution in [1.29, 1.82) is 0 Å². The molecular formula is C9H15ClN2O2S2. The van der Waals surface area contributed by atoms with Gasteiger partial charge in [0.2, 0.25) is 0 Å². The molecule has 0 unspecified atom stereocenters. The van der Waals surface area contributed by atoms with Crippen LogP contribution in [-0.2, 0) is 10.0 Å². The Labute approximate surface area is 105 Å². The van der Waals surface area contributed by atoms with E-state index < -0.39 is 10.0 Å². The first-order valence-electron chi connectivity index (χ1n) is 4.76. The van der Waals surface area contributed by atoms with Gasteiger partial charge in [0.15, 0.2) is 0 Å². The van der Waals surface area contributed by atoms with Gasteiger partial charge in [0.25, 0.3) is 10.0 Å². The van der Waals surface area contributed by atoms with Gasteiger partial charge in [0.1, 0.15) is 4.21 Å². The normalized spacial score (nSPS) is 12.3. The molecule has 0 radical (unpaired) electrons. The molecule has 0 spiro atoms. The summed E-state index contributed by atoms with van der Waals surface area (Å²) in [7, 11) is -0.0360. The maximum atomic E-state index is 12.1. The molecule has 1 aromatic heterocycles. The van der Waals surface area contributed by atoms with Crippen LogP contribution in [0, 0.1) is 6.92 Å². The average molecular weight is 283 g/mol. The highest BCUT2D eigenvalue weighted by molar-refractivity contribution is 7.91. The van der Waals surface area contributed by atoms with Gasteiger partial charge in [-0.05, 0) is 25.6 Å². The van der Waals surface area contributed by atoms with Crippen molar-refractivity contribution in [3.8, 4) is 0 Å². The minimum atomic E-state index is -3.39. The summed E-state index contributed by atoms with van der Waals surface area (Å²) in [5.74, 6) is 0. The Morgan fingerprint density at radius 3 is 2.62 bits per heavy atom. The molecule has 0 saturated heterocycles. The van der Waals surface area contributed by atoms with Crippen molar-refractivity contribution in [3.63, 3.8) is 0 Å². The number of sulfonamides is 1. The minimum absolute atomic E-state index is 0.300. The Hall–Kier alpha value is -0.140. The lowest BCUT2D eigenvalue weighted by Crippen LogP contribution is -2.32. The molecule has 0 bridgehead atoms. The summed E-state index contributed by atoms with van der Waals surface area (Å²) in [5, 5.41) is 2.91. The summed E-state index contributed by atoms with van der Waals surface area (Å²) in [6, 6.07) is 1.61. The molecule has 0 amide bonds. The smallest absolute Gasteiger partial charge is 0.252 e. The van der Waals surface area contributed by atoms with Crippen molar-refractivity contribution in [1.82, 2.24) is 9.62 Å². The van der Waals surface area contributed by atoms with Crippen LogP contribution in [0.2, 0.25) is 4.34 Å². The fourth-order valence-corrected chi connectivity index (χ4v) is 4.19. The van der Waals surface area contributed by atoms with Crippen LogP contribution >= 0.6 is 22.9 Å². The lowest BCUT2D eigenvalue weighted by Gasteiger charge is -2.15. The first-order chi connectivity index (χ1) is 7.39. The largest absolute Gasteiger partial charge is 0.318 e. The van der Waals surface area contributed by atoms with E-state index >= 15 is 0 Å². The Morgan fingerprint density at radius 1 is 1.56 bits per heavy atom. The van der Waals surface area contributed by atoms with E-state index in [2.05, 4.69) is 5.32 Å². The summed E-state index contributed by atoms with van der Waals surface area (Å²) >= 11 is 6.97. The van der Waals surface area contributed by atoms with E-state index in [0.29, 0.717) is 21.6 Å². The van der Waals surface area contributed by atoms with E-state index in [4.69, 9.17) is 11.6 Å². The first-order valence-corrected chi connectivity index (χ1v) is 7.40. The minimum Gasteiger partial charge on any atom is -0.318 e. The maximum Gasteiger partial charge on any atom is 0.252 e.